The second-order valence-electron chi connectivity index (χ2n) is 8.00. The summed E-state index contributed by atoms with van der Waals surface area (Å²) in [6, 6.07) is 0.333. The average molecular weight is 338 g/mol. The van der Waals surface area contributed by atoms with E-state index in [-0.39, 0.29) is 17.5 Å². The summed E-state index contributed by atoms with van der Waals surface area (Å²) in [5, 5.41) is 3.27. The lowest BCUT2D eigenvalue weighted by atomic mass is 9.80. The van der Waals surface area contributed by atoms with Crippen molar-refractivity contribution in [2.24, 2.45) is 11.3 Å². The van der Waals surface area contributed by atoms with Crippen molar-refractivity contribution in [3.8, 4) is 0 Å². The van der Waals surface area contributed by atoms with Crippen LogP contribution in [-0.2, 0) is 14.2 Å². The van der Waals surface area contributed by atoms with Crippen LogP contribution < -0.4 is 5.32 Å². The number of hydrogen-bond acceptors (Lipinski definition) is 4. The van der Waals surface area contributed by atoms with Gasteiger partial charge in [-0.1, -0.05) is 0 Å². The molecule has 0 aromatic carbocycles. The Bertz CT molecular complexity index is 448. The van der Waals surface area contributed by atoms with E-state index in [1.165, 1.54) is 12.8 Å². The molecule has 0 unspecified atom stereocenters. The van der Waals surface area contributed by atoms with Gasteiger partial charge in [0.15, 0.2) is 0 Å². The molecule has 6 heteroatoms. The lowest BCUT2D eigenvalue weighted by Gasteiger charge is -2.39. The van der Waals surface area contributed by atoms with Crippen LogP contribution in [0.5, 0.6) is 0 Å². The number of nitrogens with zero attached hydrogens (tertiary/aromatic N) is 1. The smallest absolute Gasteiger partial charge is 0.317 e. The molecular weight excluding hydrogens is 308 g/mol. The quantitative estimate of drug-likeness (QED) is 0.834. The minimum atomic E-state index is 0.0767. The zero-order valence-corrected chi connectivity index (χ0v) is 14.5. The Morgan fingerprint density at radius 1 is 1.04 bits per heavy atom. The van der Waals surface area contributed by atoms with Gasteiger partial charge in [-0.05, 0) is 44.4 Å². The van der Waals surface area contributed by atoms with Gasteiger partial charge in [0.2, 0.25) is 0 Å². The molecule has 4 fully saturated rings. The maximum atomic E-state index is 12.8. The van der Waals surface area contributed by atoms with Crippen LogP contribution in [-0.4, -0.2) is 69.2 Å². The molecule has 1 N–H and O–H groups in total. The van der Waals surface area contributed by atoms with E-state index in [9.17, 15) is 4.79 Å². The molecule has 1 saturated carbocycles. The Kier molecular flexibility index (Phi) is 4.97. The number of urea groups is 1. The number of rotatable bonds is 2. The molecule has 4 aliphatic rings. The number of carbonyl (C=O) groups is 1. The lowest BCUT2D eigenvalue weighted by molar-refractivity contribution is -0.0300. The monoisotopic (exact) mass is 338 g/mol. The van der Waals surface area contributed by atoms with Crippen LogP contribution in [0.4, 0.5) is 4.79 Å². The fourth-order valence-corrected chi connectivity index (χ4v) is 4.29. The molecule has 136 valence electrons. The van der Waals surface area contributed by atoms with Crippen LogP contribution in [0.3, 0.4) is 0 Å². The molecule has 3 aliphatic heterocycles. The molecule has 4 rings (SSSR count). The van der Waals surface area contributed by atoms with E-state index >= 15 is 0 Å². The van der Waals surface area contributed by atoms with Gasteiger partial charge >= 0.3 is 6.03 Å². The van der Waals surface area contributed by atoms with Crippen LogP contribution in [0.2, 0.25) is 0 Å². The number of hydrogen-bond donors (Lipinski definition) is 1. The van der Waals surface area contributed by atoms with E-state index in [0.29, 0.717) is 19.3 Å². The van der Waals surface area contributed by atoms with Crippen LogP contribution in [0.15, 0.2) is 0 Å². The van der Waals surface area contributed by atoms with Crippen molar-refractivity contribution in [3.63, 3.8) is 0 Å². The van der Waals surface area contributed by atoms with Crippen molar-refractivity contribution >= 4 is 6.03 Å². The summed E-state index contributed by atoms with van der Waals surface area (Å²) in [5.74, 6) is 0.738. The second-order valence-corrected chi connectivity index (χ2v) is 8.00. The minimum absolute atomic E-state index is 0.0767. The highest BCUT2D eigenvalue weighted by atomic mass is 16.5. The largest absolute Gasteiger partial charge is 0.381 e. The molecule has 6 nitrogen and oxygen atoms in total. The maximum absolute atomic E-state index is 12.8. The molecule has 24 heavy (non-hydrogen) atoms. The summed E-state index contributed by atoms with van der Waals surface area (Å²) in [6.07, 6.45) is 6.81. The molecule has 3 saturated heterocycles. The minimum Gasteiger partial charge on any atom is -0.381 e. The Labute approximate surface area is 144 Å². The van der Waals surface area contributed by atoms with E-state index < -0.39 is 0 Å². The molecule has 3 heterocycles. The van der Waals surface area contributed by atoms with Gasteiger partial charge in [-0.3, -0.25) is 0 Å². The fraction of sp³-hybridized carbons (Fsp3) is 0.944. The standard InChI is InChI=1S/C18H30N2O4/c21-17(19-15-3-7-24-16(11-15)14-1-2-14)20-6-10-23-13-18(12-20)4-8-22-9-5-18/h14-16H,1-13H2,(H,19,21)/t15-,16+/m1/s1. The highest BCUT2D eigenvalue weighted by Crippen LogP contribution is 2.38. The van der Waals surface area contributed by atoms with E-state index in [2.05, 4.69) is 5.32 Å². The van der Waals surface area contributed by atoms with E-state index in [0.717, 1.165) is 64.6 Å². The van der Waals surface area contributed by atoms with E-state index in [1.807, 2.05) is 4.90 Å². The summed E-state index contributed by atoms with van der Waals surface area (Å²) in [6.45, 7) is 5.19. The van der Waals surface area contributed by atoms with Crippen LogP contribution in [0.25, 0.3) is 0 Å². The third-order valence-corrected chi connectivity index (χ3v) is 6.07. The van der Waals surface area contributed by atoms with Crippen LogP contribution in [0, 0.1) is 11.3 Å². The van der Waals surface area contributed by atoms with E-state index in [4.69, 9.17) is 14.2 Å². The Morgan fingerprint density at radius 2 is 1.88 bits per heavy atom. The normalized spacial score (nSPS) is 33.9. The molecule has 1 spiro atoms. The topological polar surface area (TPSA) is 60.0 Å². The molecule has 0 aromatic heterocycles. The number of carbonyl (C=O) groups excluding carboxylic acids is 1. The molecule has 2 amide bonds. The summed E-state index contributed by atoms with van der Waals surface area (Å²) in [5.41, 5.74) is 0.0817. The third-order valence-electron chi connectivity index (χ3n) is 6.07. The predicted octanol–water partition coefficient (Wildman–Crippen LogP) is 1.78. The maximum Gasteiger partial charge on any atom is 0.317 e. The Balaban J connectivity index is 1.34. The van der Waals surface area contributed by atoms with Gasteiger partial charge in [-0.2, -0.15) is 0 Å². The van der Waals surface area contributed by atoms with Gasteiger partial charge in [0.05, 0.1) is 19.3 Å². The predicted molar refractivity (Wildman–Crippen MR) is 88.9 cm³/mol. The van der Waals surface area contributed by atoms with Crippen molar-refractivity contribution in [1.29, 1.82) is 0 Å². The number of nitrogens with one attached hydrogen (secondary N) is 1. The molecule has 0 aromatic rings. The van der Waals surface area contributed by atoms with Crippen LogP contribution >= 0.6 is 0 Å². The average Bonchev–Trinajstić information content (AvgIpc) is 3.44. The van der Waals surface area contributed by atoms with E-state index in [1.54, 1.807) is 0 Å². The fourth-order valence-electron chi connectivity index (χ4n) is 4.29. The van der Waals surface area contributed by atoms with Crippen molar-refractivity contribution in [2.45, 2.75) is 50.7 Å². The molecule has 2 atom stereocenters. The summed E-state index contributed by atoms with van der Waals surface area (Å²) >= 11 is 0. The van der Waals surface area contributed by atoms with Crippen molar-refractivity contribution in [2.75, 3.05) is 46.1 Å². The molecular formula is C18H30N2O4. The third kappa shape index (κ3) is 3.86. The zero-order chi connectivity index (χ0) is 16.4. The molecule has 0 radical (unpaired) electrons. The highest BCUT2D eigenvalue weighted by molar-refractivity contribution is 5.74. The first kappa shape index (κ1) is 16.6. The van der Waals surface area contributed by atoms with Gasteiger partial charge < -0.3 is 24.4 Å². The van der Waals surface area contributed by atoms with Gasteiger partial charge in [-0.15, -0.1) is 0 Å². The van der Waals surface area contributed by atoms with Gasteiger partial charge in [0, 0.05) is 44.4 Å². The van der Waals surface area contributed by atoms with Gasteiger partial charge in [0.25, 0.3) is 0 Å². The second kappa shape index (κ2) is 7.18. The highest BCUT2D eigenvalue weighted by Gasteiger charge is 2.39. The van der Waals surface area contributed by atoms with Gasteiger partial charge in [-0.25, -0.2) is 4.79 Å². The summed E-state index contributed by atoms with van der Waals surface area (Å²) in [4.78, 5) is 14.8. The summed E-state index contributed by atoms with van der Waals surface area (Å²) in [7, 11) is 0. The first-order valence-corrected chi connectivity index (χ1v) is 9.57. The van der Waals surface area contributed by atoms with Gasteiger partial charge in [0.1, 0.15) is 0 Å². The Morgan fingerprint density at radius 3 is 2.67 bits per heavy atom. The summed E-state index contributed by atoms with van der Waals surface area (Å²) < 4.78 is 17.2. The SMILES string of the molecule is O=C(N[C@@H]1CCO[C@H](C2CC2)C1)N1CCOCC2(CCOCC2)C1. The van der Waals surface area contributed by atoms with Crippen molar-refractivity contribution in [1.82, 2.24) is 10.2 Å². The zero-order valence-electron chi connectivity index (χ0n) is 14.5. The van der Waals surface area contributed by atoms with Crippen LogP contribution in [0.1, 0.15) is 38.5 Å². The number of ether oxygens (including phenoxy) is 3. The first-order valence-electron chi connectivity index (χ1n) is 9.57. The van der Waals surface area contributed by atoms with Crippen molar-refractivity contribution in [3.05, 3.63) is 0 Å². The van der Waals surface area contributed by atoms with Crippen molar-refractivity contribution < 1.29 is 19.0 Å². The number of amides is 2. The molecule has 0 bridgehead atoms. The first-order chi connectivity index (χ1) is 11.7. The lowest BCUT2D eigenvalue weighted by Crippen LogP contribution is -2.52. The Hall–Kier alpha value is -0.850. The molecule has 1 aliphatic carbocycles.